The highest BCUT2D eigenvalue weighted by molar-refractivity contribution is 7.99. The Hall–Kier alpha value is -2.29. The second-order valence-corrected chi connectivity index (χ2v) is 8.37. The summed E-state index contributed by atoms with van der Waals surface area (Å²) in [4.78, 5) is 14.9. The van der Waals surface area contributed by atoms with Crippen LogP contribution in [0.3, 0.4) is 0 Å². The number of hydrogen-bond donors (Lipinski definition) is 0. The van der Waals surface area contributed by atoms with Crippen molar-refractivity contribution in [2.75, 3.05) is 25.5 Å². The van der Waals surface area contributed by atoms with Crippen LogP contribution in [0.4, 0.5) is 0 Å². The Morgan fingerprint density at radius 2 is 2.00 bits per heavy atom. The average Bonchev–Trinajstić information content (AvgIpc) is 3.33. The van der Waals surface area contributed by atoms with Crippen LogP contribution < -0.4 is 9.47 Å². The Morgan fingerprint density at radius 3 is 2.86 bits per heavy atom. The van der Waals surface area contributed by atoms with Gasteiger partial charge in [-0.05, 0) is 53.8 Å². The number of amides is 1. The third-order valence-electron chi connectivity index (χ3n) is 5.41. The van der Waals surface area contributed by atoms with Gasteiger partial charge in [0, 0.05) is 13.0 Å². The van der Waals surface area contributed by atoms with Crippen LogP contribution in [0.25, 0.3) is 0 Å². The van der Waals surface area contributed by atoms with E-state index in [1.165, 1.54) is 11.8 Å². The van der Waals surface area contributed by atoms with Crippen molar-refractivity contribution in [3.05, 3.63) is 23.8 Å². The minimum Gasteiger partial charge on any atom is -0.490 e. The molecular weight excluding hydrogens is 378 g/mol. The molecule has 3 heterocycles. The van der Waals surface area contributed by atoms with Crippen molar-refractivity contribution in [2.24, 2.45) is 0 Å². The topological polar surface area (TPSA) is 82.4 Å². The maximum absolute atomic E-state index is 12.9. The molecule has 3 aliphatic rings. The highest BCUT2D eigenvalue weighted by Gasteiger charge is 2.32. The zero-order valence-electron chi connectivity index (χ0n) is 15.6. The van der Waals surface area contributed by atoms with Gasteiger partial charge in [-0.3, -0.25) is 4.79 Å². The van der Waals surface area contributed by atoms with Crippen molar-refractivity contribution in [3.63, 3.8) is 0 Å². The van der Waals surface area contributed by atoms with Crippen molar-refractivity contribution in [3.8, 4) is 11.5 Å². The van der Waals surface area contributed by atoms with Gasteiger partial charge in [-0.1, -0.05) is 17.8 Å². The zero-order chi connectivity index (χ0) is 18.9. The molecule has 2 aliphatic heterocycles. The summed E-state index contributed by atoms with van der Waals surface area (Å²) in [7, 11) is 0. The Morgan fingerprint density at radius 1 is 1.14 bits per heavy atom. The molecule has 1 aromatic heterocycles. The molecule has 0 spiro atoms. The molecule has 1 amide bonds. The highest BCUT2D eigenvalue weighted by atomic mass is 32.2. The van der Waals surface area contributed by atoms with Gasteiger partial charge < -0.3 is 14.4 Å². The van der Waals surface area contributed by atoms with Crippen LogP contribution in [0.15, 0.2) is 23.4 Å². The summed E-state index contributed by atoms with van der Waals surface area (Å²) >= 11 is 1.43. The van der Waals surface area contributed by atoms with Crippen molar-refractivity contribution >= 4 is 17.7 Å². The summed E-state index contributed by atoms with van der Waals surface area (Å²) in [5, 5.41) is 12.6. The smallest absolute Gasteiger partial charge is 0.233 e. The average molecular weight is 401 g/mol. The Kier molecular flexibility index (Phi) is 4.84. The number of carbonyl (C=O) groups is 1. The number of carbonyl (C=O) groups excluding carboxylic acids is 1. The summed E-state index contributed by atoms with van der Waals surface area (Å²) in [5.41, 5.74) is 1.11. The molecule has 8 nitrogen and oxygen atoms in total. The lowest BCUT2D eigenvalue weighted by Crippen LogP contribution is -2.32. The van der Waals surface area contributed by atoms with Crippen molar-refractivity contribution in [1.82, 2.24) is 25.1 Å². The van der Waals surface area contributed by atoms with Gasteiger partial charge in [0.25, 0.3) is 0 Å². The molecule has 1 aromatic carbocycles. The zero-order valence-corrected chi connectivity index (χ0v) is 16.4. The normalized spacial score (nSPS) is 21.6. The molecule has 148 valence electrons. The molecule has 2 aromatic rings. The lowest BCUT2D eigenvalue weighted by molar-refractivity contribution is -0.129. The number of tetrazole rings is 1. The lowest BCUT2D eigenvalue weighted by atomic mass is 10.0. The Bertz CT molecular complexity index is 869. The molecule has 0 bridgehead atoms. The van der Waals surface area contributed by atoms with E-state index in [2.05, 4.69) is 21.6 Å². The van der Waals surface area contributed by atoms with E-state index < -0.39 is 0 Å². The van der Waals surface area contributed by atoms with Crippen LogP contribution in [0.5, 0.6) is 11.5 Å². The Labute approximate surface area is 167 Å². The van der Waals surface area contributed by atoms with Gasteiger partial charge in [-0.15, -0.1) is 5.10 Å². The van der Waals surface area contributed by atoms with Crippen LogP contribution in [-0.4, -0.2) is 56.5 Å². The predicted molar refractivity (Wildman–Crippen MR) is 103 cm³/mol. The first kappa shape index (κ1) is 17.8. The molecule has 9 heteroatoms. The molecule has 2 fully saturated rings. The number of hydrogen-bond acceptors (Lipinski definition) is 7. The maximum atomic E-state index is 12.9. The second-order valence-electron chi connectivity index (χ2n) is 7.43. The first-order valence-electron chi connectivity index (χ1n) is 9.89. The maximum Gasteiger partial charge on any atom is 0.233 e. The number of rotatable bonds is 5. The molecule has 1 saturated heterocycles. The van der Waals surface area contributed by atoms with Crippen molar-refractivity contribution in [2.45, 2.75) is 49.3 Å². The largest absolute Gasteiger partial charge is 0.490 e. The number of nitrogens with zero attached hydrogens (tertiary/aromatic N) is 5. The molecule has 1 atom stereocenters. The van der Waals surface area contributed by atoms with E-state index in [4.69, 9.17) is 9.47 Å². The molecular formula is C19H23N5O3S. The van der Waals surface area contributed by atoms with Gasteiger partial charge in [0.1, 0.15) is 0 Å². The number of ether oxygens (including phenoxy) is 2. The van der Waals surface area contributed by atoms with Crippen molar-refractivity contribution in [1.29, 1.82) is 0 Å². The summed E-state index contributed by atoms with van der Waals surface area (Å²) in [6, 6.07) is 6.57. The lowest BCUT2D eigenvalue weighted by Gasteiger charge is -2.25. The minimum absolute atomic E-state index is 0.0877. The number of thioether (sulfide) groups is 1. The van der Waals surface area contributed by atoms with E-state index in [0.29, 0.717) is 25.0 Å². The molecule has 0 radical (unpaired) electrons. The fourth-order valence-corrected chi connectivity index (χ4v) is 4.67. The molecule has 1 saturated carbocycles. The van der Waals surface area contributed by atoms with E-state index in [1.807, 2.05) is 21.7 Å². The SMILES string of the molecule is O=C(CSc1nnnn1C1CC1)N1CCCC1c1ccc2c(c1)OCCCO2. The monoisotopic (exact) mass is 401 g/mol. The van der Waals surface area contributed by atoms with E-state index >= 15 is 0 Å². The van der Waals surface area contributed by atoms with Crippen LogP contribution in [0, 0.1) is 0 Å². The Balaban J connectivity index is 1.27. The summed E-state index contributed by atoms with van der Waals surface area (Å²) < 4.78 is 13.4. The van der Waals surface area contributed by atoms with Gasteiger partial charge in [-0.2, -0.15) is 0 Å². The van der Waals surface area contributed by atoms with Crippen LogP contribution in [0.1, 0.15) is 49.8 Å². The minimum atomic E-state index is 0.0877. The van der Waals surface area contributed by atoms with Gasteiger partial charge in [0.2, 0.25) is 11.1 Å². The van der Waals surface area contributed by atoms with Crippen molar-refractivity contribution < 1.29 is 14.3 Å². The first-order valence-corrected chi connectivity index (χ1v) is 10.9. The highest BCUT2D eigenvalue weighted by Crippen LogP contribution is 2.39. The summed E-state index contributed by atoms with van der Waals surface area (Å²) in [6.07, 6.45) is 5.09. The van der Waals surface area contributed by atoms with Gasteiger partial charge in [-0.25, -0.2) is 4.68 Å². The van der Waals surface area contributed by atoms with Crippen LogP contribution >= 0.6 is 11.8 Å². The quantitative estimate of drug-likeness (QED) is 0.712. The van der Waals surface area contributed by atoms with E-state index in [1.54, 1.807) is 0 Å². The second kappa shape index (κ2) is 7.62. The molecule has 28 heavy (non-hydrogen) atoms. The molecule has 1 unspecified atom stereocenters. The molecule has 5 rings (SSSR count). The number of aromatic nitrogens is 4. The van der Waals surface area contributed by atoms with Crippen LogP contribution in [-0.2, 0) is 4.79 Å². The molecule has 0 N–H and O–H groups in total. The van der Waals surface area contributed by atoms with Gasteiger partial charge >= 0.3 is 0 Å². The number of likely N-dealkylation sites (tertiary alicyclic amines) is 1. The van der Waals surface area contributed by atoms with Gasteiger partial charge in [0.15, 0.2) is 11.5 Å². The predicted octanol–water partition coefficient (Wildman–Crippen LogP) is 2.63. The van der Waals surface area contributed by atoms with E-state index in [9.17, 15) is 4.79 Å². The summed E-state index contributed by atoms with van der Waals surface area (Å²) in [5.74, 6) is 2.06. The number of fused-ring (bicyclic) bond motifs is 1. The standard InChI is InChI=1S/C19H23N5O3S/c25-18(12-28-19-20-21-22-24(19)14-5-6-14)23-8-1-3-15(23)13-4-7-16-17(11-13)27-10-2-9-26-16/h4,7,11,14-15H,1-3,5-6,8-10,12H2. The fourth-order valence-electron chi connectivity index (χ4n) is 3.84. The summed E-state index contributed by atoms with van der Waals surface area (Å²) in [6.45, 7) is 2.13. The number of benzene rings is 1. The first-order chi connectivity index (χ1) is 13.8. The molecule has 1 aliphatic carbocycles. The third kappa shape index (κ3) is 3.55. The van der Waals surface area contributed by atoms with Gasteiger partial charge in [0.05, 0.1) is 31.1 Å². The van der Waals surface area contributed by atoms with E-state index in [-0.39, 0.29) is 11.9 Å². The third-order valence-corrected chi connectivity index (χ3v) is 6.33. The van der Waals surface area contributed by atoms with Crippen LogP contribution in [0.2, 0.25) is 0 Å². The fraction of sp³-hybridized carbons (Fsp3) is 0.579. The van der Waals surface area contributed by atoms with E-state index in [0.717, 1.165) is 60.9 Å².